The molecule has 1 heterocycles. The summed E-state index contributed by atoms with van der Waals surface area (Å²) in [7, 11) is 0. The van der Waals surface area contributed by atoms with Gasteiger partial charge >= 0.3 is 0 Å². The molecule has 0 aromatic heterocycles. The zero-order valence-electron chi connectivity index (χ0n) is 20.3. The van der Waals surface area contributed by atoms with Gasteiger partial charge in [-0.3, -0.25) is 14.5 Å². The fourth-order valence-electron chi connectivity index (χ4n) is 4.18. The molecule has 1 fully saturated rings. The Balaban J connectivity index is 1.86. The number of ketones is 1. The average molecular weight is 472 g/mol. The van der Waals surface area contributed by atoms with Crippen LogP contribution >= 0.6 is 0 Å². The van der Waals surface area contributed by atoms with E-state index in [0.29, 0.717) is 34.9 Å². The lowest BCUT2D eigenvalue weighted by Gasteiger charge is -2.26. The quantitative estimate of drug-likeness (QED) is 0.267. The van der Waals surface area contributed by atoms with Crippen LogP contribution < -0.4 is 14.4 Å². The van der Waals surface area contributed by atoms with E-state index in [0.717, 1.165) is 5.56 Å². The lowest BCUT2D eigenvalue weighted by atomic mass is 9.95. The zero-order chi connectivity index (χ0) is 25.1. The number of benzene rings is 3. The molecule has 4 rings (SSSR count). The van der Waals surface area contributed by atoms with Crippen molar-refractivity contribution in [3.63, 3.8) is 0 Å². The Hall–Kier alpha value is -4.06. The van der Waals surface area contributed by atoms with Gasteiger partial charge in [-0.2, -0.15) is 0 Å². The summed E-state index contributed by atoms with van der Waals surface area (Å²) >= 11 is 0. The van der Waals surface area contributed by atoms with Crippen molar-refractivity contribution >= 4 is 23.1 Å². The van der Waals surface area contributed by atoms with Crippen molar-refractivity contribution < 1.29 is 24.2 Å². The van der Waals surface area contributed by atoms with E-state index in [1.165, 1.54) is 4.90 Å². The molecule has 0 spiro atoms. The molecule has 6 heteroatoms. The molecule has 3 aromatic carbocycles. The van der Waals surface area contributed by atoms with Crippen LogP contribution in [-0.2, 0) is 9.59 Å². The van der Waals surface area contributed by atoms with Crippen LogP contribution in [0.4, 0.5) is 5.69 Å². The number of carbonyl (C=O) groups excluding carboxylic acids is 2. The van der Waals surface area contributed by atoms with Gasteiger partial charge in [-0.05, 0) is 81.8 Å². The number of aryl methyl sites for hydroxylation is 1. The number of hydrogen-bond acceptors (Lipinski definition) is 5. The molecule has 3 aromatic rings. The highest BCUT2D eigenvalue weighted by molar-refractivity contribution is 6.51. The Morgan fingerprint density at radius 3 is 2.29 bits per heavy atom. The molecular formula is C29H29NO5. The second kappa shape index (κ2) is 10.1. The Kier molecular flexibility index (Phi) is 6.92. The Bertz CT molecular complexity index is 1260. The van der Waals surface area contributed by atoms with E-state index in [-0.39, 0.29) is 17.4 Å². The van der Waals surface area contributed by atoms with Gasteiger partial charge in [0, 0.05) is 11.3 Å². The fourth-order valence-corrected chi connectivity index (χ4v) is 4.18. The van der Waals surface area contributed by atoms with E-state index >= 15 is 0 Å². The van der Waals surface area contributed by atoms with Crippen LogP contribution in [0, 0.1) is 6.92 Å². The minimum atomic E-state index is -0.815. The molecule has 35 heavy (non-hydrogen) atoms. The first kappa shape index (κ1) is 24.1. The predicted molar refractivity (Wildman–Crippen MR) is 136 cm³/mol. The van der Waals surface area contributed by atoms with E-state index in [1.54, 1.807) is 42.5 Å². The highest BCUT2D eigenvalue weighted by Crippen LogP contribution is 2.43. The van der Waals surface area contributed by atoms with Crippen molar-refractivity contribution in [2.24, 2.45) is 0 Å². The van der Waals surface area contributed by atoms with Gasteiger partial charge in [0.1, 0.15) is 17.3 Å². The van der Waals surface area contributed by atoms with Crippen LogP contribution in [0.15, 0.2) is 78.4 Å². The molecule has 6 nitrogen and oxygen atoms in total. The van der Waals surface area contributed by atoms with Gasteiger partial charge in [-0.15, -0.1) is 0 Å². The summed E-state index contributed by atoms with van der Waals surface area (Å²) < 4.78 is 11.3. The highest BCUT2D eigenvalue weighted by atomic mass is 16.5. The summed E-state index contributed by atoms with van der Waals surface area (Å²) in [5.74, 6) is -0.396. The van der Waals surface area contributed by atoms with Crippen molar-refractivity contribution in [2.45, 2.75) is 39.8 Å². The molecule has 1 saturated heterocycles. The van der Waals surface area contributed by atoms with Crippen molar-refractivity contribution in [3.8, 4) is 11.5 Å². The highest BCUT2D eigenvalue weighted by Gasteiger charge is 2.47. The van der Waals surface area contributed by atoms with Crippen LogP contribution in [0.25, 0.3) is 5.76 Å². The van der Waals surface area contributed by atoms with Crippen molar-refractivity contribution in [1.29, 1.82) is 0 Å². The summed E-state index contributed by atoms with van der Waals surface area (Å²) in [6.45, 7) is 8.17. The van der Waals surface area contributed by atoms with Gasteiger partial charge in [-0.1, -0.05) is 29.8 Å². The first-order valence-corrected chi connectivity index (χ1v) is 11.7. The number of ether oxygens (including phenoxy) is 2. The second-order valence-corrected chi connectivity index (χ2v) is 8.70. The maximum absolute atomic E-state index is 13.3. The van der Waals surface area contributed by atoms with Crippen molar-refractivity contribution in [1.82, 2.24) is 0 Å². The number of nitrogens with zero attached hydrogens (tertiary/aromatic N) is 1. The Morgan fingerprint density at radius 2 is 1.66 bits per heavy atom. The molecule has 1 atom stereocenters. The molecule has 0 saturated carbocycles. The standard InChI is InChI=1S/C29H29NO5/c1-5-34-24-8-6-7-21(17-24)26-25(27(31)20-11-15-23(16-12-20)35-18(2)3)28(32)29(33)30(26)22-13-9-19(4)10-14-22/h6-18,26,31H,5H2,1-4H3/b27-25-. The topological polar surface area (TPSA) is 76.1 Å². The number of anilines is 1. The van der Waals surface area contributed by atoms with E-state index in [2.05, 4.69) is 0 Å². The van der Waals surface area contributed by atoms with Crippen molar-refractivity contribution in [3.05, 3.63) is 95.1 Å². The van der Waals surface area contributed by atoms with Gasteiger partial charge in [-0.25, -0.2) is 0 Å². The molecular weight excluding hydrogens is 442 g/mol. The van der Waals surface area contributed by atoms with E-state index in [9.17, 15) is 14.7 Å². The third-order valence-electron chi connectivity index (χ3n) is 5.74. The first-order valence-electron chi connectivity index (χ1n) is 11.7. The summed E-state index contributed by atoms with van der Waals surface area (Å²) in [5, 5.41) is 11.3. The minimum absolute atomic E-state index is 0.00639. The summed E-state index contributed by atoms with van der Waals surface area (Å²) in [6.07, 6.45) is 0.00639. The number of hydrogen-bond donors (Lipinski definition) is 1. The largest absolute Gasteiger partial charge is 0.507 e. The summed E-state index contributed by atoms with van der Waals surface area (Å²) in [6, 6.07) is 20.6. The number of carbonyl (C=O) groups is 2. The lowest BCUT2D eigenvalue weighted by molar-refractivity contribution is -0.132. The average Bonchev–Trinajstić information content (AvgIpc) is 3.10. The molecule has 0 aliphatic carbocycles. The third-order valence-corrected chi connectivity index (χ3v) is 5.74. The zero-order valence-corrected chi connectivity index (χ0v) is 20.3. The number of aliphatic hydroxyl groups excluding tert-OH is 1. The molecule has 1 aliphatic rings. The smallest absolute Gasteiger partial charge is 0.300 e. The van der Waals surface area contributed by atoms with Gasteiger partial charge in [0.15, 0.2) is 0 Å². The van der Waals surface area contributed by atoms with Gasteiger partial charge in [0.05, 0.1) is 24.3 Å². The number of rotatable bonds is 7. The maximum atomic E-state index is 13.3. The third kappa shape index (κ3) is 4.92. The number of amides is 1. The Labute approximate surface area is 205 Å². The van der Waals surface area contributed by atoms with E-state index in [4.69, 9.17) is 9.47 Å². The number of Topliss-reactive ketones (excluding diaryl/α,β-unsaturated/α-hetero) is 1. The lowest BCUT2D eigenvalue weighted by Crippen LogP contribution is -2.29. The van der Waals surface area contributed by atoms with Gasteiger partial charge in [0.25, 0.3) is 11.7 Å². The SMILES string of the molecule is CCOc1cccc(C2/C(=C(/O)c3ccc(OC(C)C)cc3)C(=O)C(=O)N2c2ccc(C)cc2)c1. The molecule has 1 unspecified atom stereocenters. The van der Waals surface area contributed by atoms with E-state index < -0.39 is 17.7 Å². The Morgan fingerprint density at radius 1 is 0.971 bits per heavy atom. The van der Waals surface area contributed by atoms with Crippen LogP contribution in [0.3, 0.4) is 0 Å². The monoisotopic (exact) mass is 471 g/mol. The first-order chi connectivity index (χ1) is 16.8. The molecule has 0 bridgehead atoms. The summed E-state index contributed by atoms with van der Waals surface area (Å²) in [4.78, 5) is 28.0. The van der Waals surface area contributed by atoms with Crippen LogP contribution in [-0.4, -0.2) is 29.5 Å². The molecule has 1 N–H and O–H groups in total. The van der Waals surface area contributed by atoms with Crippen molar-refractivity contribution in [2.75, 3.05) is 11.5 Å². The van der Waals surface area contributed by atoms with Crippen LogP contribution in [0.2, 0.25) is 0 Å². The van der Waals surface area contributed by atoms with Gasteiger partial charge in [0.2, 0.25) is 0 Å². The molecule has 1 amide bonds. The molecule has 1 aliphatic heterocycles. The maximum Gasteiger partial charge on any atom is 0.300 e. The van der Waals surface area contributed by atoms with E-state index in [1.807, 2.05) is 58.0 Å². The van der Waals surface area contributed by atoms with Gasteiger partial charge < -0.3 is 14.6 Å². The minimum Gasteiger partial charge on any atom is -0.507 e. The predicted octanol–water partition coefficient (Wildman–Crippen LogP) is 5.81. The fraction of sp³-hybridized carbons (Fsp3) is 0.241. The number of aliphatic hydroxyl groups is 1. The second-order valence-electron chi connectivity index (χ2n) is 8.70. The normalized spacial score (nSPS) is 17.2. The summed E-state index contributed by atoms with van der Waals surface area (Å²) in [5.41, 5.74) is 2.72. The molecule has 180 valence electrons. The van der Waals surface area contributed by atoms with Crippen LogP contribution in [0.5, 0.6) is 11.5 Å². The molecule has 0 radical (unpaired) electrons. The van der Waals surface area contributed by atoms with Crippen LogP contribution in [0.1, 0.15) is 43.5 Å².